The number of hydrogen-bond acceptors (Lipinski definition) is 0. The van der Waals surface area contributed by atoms with Crippen LogP contribution in [-0.2, 0) is 0 Å². The van der Waals surface area contributed by atoms with E-state index in [-0.39, 0.29) is 0 Å². The van der Waals surface area contributed by atoms with E-state index in [2.05, 4.69) is 158 Å². The van der Waals surface area contributed by atoms with E-state index in [4.69, 9.17) is 0 Å². The van der Waals surface area contributed by atoms with Crippen LogP contribution in [0, 0.1) is 23.7 Å². The van der Waals surface area contributed by atoms with Gasteiger partial charge < -0.3 is 0 Å². The van der Waals surface area contributed by atoms with Crippen molar-refractivity contribution < 1.29 is 0 Å². The van der Waals surface area contributed by atoms with Crippen molar-refractivity contribution in [2.75, 3.05) is 0 Å². The van der Waals surface area contributed by atoms with Crippen molar-refractivity contribution in [1.82, 2.24) is 0 Å². The van der Waals surface area contributed by atoms with Crippen LogP contribution in [0.1, 0.15) is 38.5 Å². The van der Waals surface area contributed by atoms with Gasteiger partial charge in [0.25, 0.3) is 0 Å². The molecule has 4 atom stereocenters. The molecule has 234 valence electrons. The predicted molar refractivity (Wildman–Crippen MR) is 203 cm³/mol. The summed E-state index contributed by atoms with van der Waals surface area (Å²) in [5.74, 6) is 1.71. The van der Waals surface area contributed by atoms with E-state index in [0.717, 1.165) is 38.5 Å². The zero-order chi connectivity index (χ0) is 31.9. The molecule has 0 heterocycles. The van der Waals surface area contributed by atoms with Crippen LogP contribution in [0.25, 0.3) is 22.8 Å². The van der Waals surface area contributed by atoms with Crippen molar-refractivity contribution >= 4 is 22.8 Å². The molecule has 0 saturated heterocycles. The summed E-state index contributed by atoms with van der Waals surface area (Å²) < 4.78 is 0. The van der Waals surface area contributed by atoms with Crippen molar-refractivity contribution in [3.8, 4) is 0 Å². The van der Waals surface area contributed by atoms with E-state index in [9.17, 15) is 0 Å². The Labute approximate surface area is 284 Å². The third-order valence-electron chi connectivity index (χ3n) is 11.4. The van der Waals surface area contributed by atoms with Gasteiger partial charge in [0.2, 0.25) is 0 Å². The highest BCUT2D eigenvalue weighted by Gasteiger charge is 2.34. The molecule has 48 heavy (non-hydrogen) atoms. The van der Waals surface area contributed by atoms with Gasteiger partial charge >= 0.3 is 0 Å². The van der Waals surface area contributed by atoms with E-state index in [1.807, 2.05) is 0 Å². The molecule has 7 aliphatic rings. The Bertz CT molecular complexity index is 2290. The molecule has 4 unspecified atom stereocenters. The van der Waals surface area contributed by atoms with Crippen molar-refractivity contribution in [2.45, 2.75) is 38.5 Å². The summed E-state index contributed by atoms with van der Waals surface area (Å²) in [6.45, 7) is 0. The Morgan fingerprint density at radius 1 is 0.479 bits per heavy atom. The lowest BCUT2D eigenvalue weighted by atomic mass is 9.68. The Hall–Kier alpha value is -4.94. The van der Waals surface area contributed by atoms with Gasteiger partial charge in [-0.05, 0) is 104 Å². The normalized spacial score (nSPS) is 26.8. The van der Waals surface area contributed by atoms with Gasteiger partial charge in [-0.3, -0.25) is 0 Å². The molecule has 2 aromatic carbocycles. The minimum absolute atomic E-state index is 0.361. The summed E-state index contributed by atoms with van der Waals surface area (Å²) >= 11 is 0. The highest BCUT2D eigenvalue weighted by molar-refractivity contribution is 5.94. The summed E-state index contributed by atoms with van der Waals surface area (Å²) in [5, 5.41) is 5.67. The van der Waals surface area contributed by atoms with Crippen LogP contribution >= 0.6 is 0 Å². The third-order valence-corrected chi connectivity index (χ3v) is 11.4. The molecule has 7 aliphatic carbocycles. The van der Waals surface area contributed by atoms with Gasteiger partial charge in [0.05, 0.1) is 0 Å². The molecule has 0 saturated carbocycles. The molecule has 9 rings (SSSR count). The topological polar surface area (TPSA) is 0 Å². The molecule has 0 spiro atoms. The van der Waals surface area contributed by atoms with Gasteiger partial charge in [0.15, 0.2) is 0 Å². The first-order valence-corrected chi connectivity index (χ1v) is 18.0. The second-order valence-corrected chi connectivity index (χ2v) is 14.1. The Kier molecular flexibility index (Phi) is 7.66. The Morgan fingerprint density at radius 3 is 1.81 bits per heavy atom. The second-order valence-electron chi connectivity index (χ2n) is 14.1. The zero-order valence-corrected chi connectivity index (χ0v) is 27.6. The first-order chi connectivity index (χ1) is 23.8. The SMILES string of the molecule is C1=CC2C=CC=C(C3=CC=C(C=CC4=CC=C(C5=c6ccccc6=C(C6=c7ccccc7=CCC6)C6C=CC=CC56)CC4)CC3)C2C=C1. The summed E-state index contributed by atoms with van der Waals surface area (Å²) in [6, 6.07) is 18.2. The van der Waals surface area contributed by atoms with Crippen LogP contribution in [0.15, 0.2) is 180 Å². The lowest BCUT2D eigenvalue weighted by Crippen LogP contribution is -2.42. The average molecular weight is 619 g/mol. The van der Waals surface area contributed by atoms with Crippen LogP contribution in [0.4, 0.5) is 0 Å². The molecule has 0 radical (unpaired) electrons. The van der Waals surface area contributed by atoms with Crippen LogP contribution in [0.2, 0.25) is 0 Å². The Morgan fingerprint density at radius 2 is 1.08 bits per heavy atom. The van der Waals surface area contributed by atoms with Crippen molar-refractivity contribution in [3.63, 3.8) is 0 Å². The minimum atomic E-state index is 0.361. The van der Waals surface area contributed by atoms with Crippen LogP contribution < -0.4 is 20.9 Å². The van der Waals surface area contributed by atoms with E-state index in [1.165, 1.54) is 65.5 Å². The van der Waals surface area contributed by atoms with Gasteiger partial charge in [-0.15, -0.1) is 0 Å². The number of allylic oxidation sites excluding steroid dienone is 22. The monoisotopic (exact) mass is 618 g/mol. The fraction of sp³-hybridized carbons (Fsp3) is 0.208. The van der Waals surface area contributed by atoms with E-state index in [0.29, 0.717) is 23.7 Å². The standard InChI is InChI=1S/C48H42/c1-3-15-39-35(11-1)13-9-21-40(39)37-29-25-33(26-30-37)23-24-34-27-31-38(32-28-34)47-43-17-5-7-19-45(43)48(46-20-8-6-18-44(46)47)42-22-10-14-36-12-2-4-16-41(36)42/h1-9,11-21,23-25,27,29,31,35,39,43,45H,10,22,26,28,30,32H2. The van der Waals surface area contributed by atoms with Crippen molar-refractivity contribution in [2.24, 2.45) is 23.7 Å². The van der Waals surface area contributed by atoms with Crippen LogP contribution in [-0.4, -0.2) is 0 Å². The summed E-state index contributed by atoms with van der Waals surface area (Å²) in [5.41, 5.74) is 11.9. The summed E-state index contributed by atoms with van der Waals surface area (Å²) in [7, 11) is 0. The first-order valence-electron chi connectivity index (χ1n) is 18.0. The number of benzene rings is 2. The molecule has 0 bridgehead atoms. The first kappa shape index (κ1) is 29.2. The minimum Gasteiger partial charge on any atom is -0.0767 e. The molecule has 0 aromatic heterocycles. The van der Waals surface area contributed by atoms with Gasteiger partial charge in [0, 0.05) is 23.7 Å². The number of hydrogen-bond donors (Lipinski definition) is 0. The molecule has 2 aromatic rings. The maximum atomic E-state index is 2.47. The van der Waals surface area contributed by atoms with Crippen molar-refractivity contribution in [1.29, 1.82) is 0 Å². The molecular weight excluding hydrogens is 577 g/mol. The van der Waals surface area contributed by atoms with E-state index < -0.39 is 0 Å². The van der Waals surface area contributed by atoms with Gasteiger partial charge in [0.1, 0.15) is 0 Å². The summed E-state index contributed by atoms with van der Waals surface area (Å²) in [6.07, 6.45) is 48.8. The highest BCUT2D eigenvalue weighted by atomic mass is 14.4. The van der Waals surface area contributed by atoms with Gasteiger partial charge in [-0.1, -0.05) is 158 Å². The smallest absolute Gasteiger partial charge is 0.0134 e. The predicted octanol–water partition coefficient (Wildman–Crippen LogP) is 8.49. The van der Waals surface area contributed by atoms with Crippen molar-refractivity contribution in [3.05, 3.63) is 201 Å². The maximum absolute atomic E-state index is 2.47. The molecule has 0 fully saturated rings. The molecule has 0 nitrogen and oxygen atoms in total. The third kappa shape index (κ3) is 5.25. The second kappa shape index (κ2) is 12.6. The summed E-state index contributed by atoms with van der Waals surface area (Å²) in [4.78, 5) is 0. The lowest BCUT2D eigenvalue weighted by Gasteiger charge is -2.36. The van der Waals surface area contributed by atoms with Gasteiger partial charge in [-0.2, -0.15) is 0 Å². The maximum Gasteiger partial charge on any atom is 0.0134 e. The number of fused-ring (bicyclic) bond motifs is 4. The van der Waals surface area contributed by atoms with Gasteiger partial charge in [-0.25, -0.2) is 0 Å². The molecule has 0 aliphatic heterocycles. The fourth-order valence-electron chi connectivity index (χ4n) is 9.06. The fourth-order valence-corrected chi connectivity index (χ4v) is 9.06. The molecule has 0 N–H and O–H groups in total. The van der Waals surface area contributed by atoms with Crippen LogP contribution in [0.5, 0.6) is 0 Å². The quantitative estimate of drug-likeness (QED) is 0.315. The number of rotatable bonds is 5. The Balaban J connectivity index is 1.04. The molecular formula is C48H42. The molecule has 0 amide bonds. The van der Waals surface area contributed by atoms with E-state index >= 15 is 0 Å². The largest absolute Gasteiger partial charge is 0.0767 e. The average Bonchev–Trinajstić information content (AvgIpc) is 3.16. The highest BCUT2D eigenvalue weighted by Crippen LogP contribution is 2.43. The van der Waals surface area contributed by atoms with E-state index in [1.54, 1.807) is 0 Å². The lowest BCUT2D eigenvalue weighted by molar-refractivity contribution is 0.622. The zero-order valence-electron chi connectivity index (χ0n) is 27.6. The van der Waals surface area contributed by atoms with Crippen LogP contribution in [0.3, 0.4) is 0 Å². The molecule has 0 heteroatoms.